The second kappa shape index (κ2) is 7.49. The van der Waals surface area contributed by atoms with Crippen LogP contribution < -0.4 is 5.32 Å². The van der Waals surface area contributed by atoms with Crippen molar-refractivity contribution in [3.8, 4) is 0 Å². The molecule has 0 radical (unpaired) electrons. The van der Waals surface area contributed by atoms with Crippen LogP contribution >= 0.6 is 0 Å². The Balaban J connectivity index is 1.10. The molecule has 0 bridgehead atoms. The van der Waals surface area contributed by atoms with Crippen LogP contribution in [0.2, 0.25) is 0 Å². The summed E-state index contributed by atoms with van der Waals surface area (Å²) in [5.41, 5.74) is -0.0848. The van der Waals surface area contributed by atoms with Crippen molar-refractivity contribution in [2.75, 3.05) is 14.2 Å². The van der Waals surface area contributed by atoms with Gasteiger partial charge in [-0.2, -0.15) is 0 Å². The van der Waals surface area contributed by atoms with E-state index in [1.54, 1.807) is 17.9 Å². The number of methoxy groups -OCH3 is 2. The van der Waals surface area contributed by atoms with Gasteiger partial charge in [0.05, 0.1) is 36.3 Å². The van der Waals surface area contributed by atoms with Crippen LogP contribution in [0.25, 0.3) is 291 Å². The maximum atomic E-state index is 16.7. The lowest BCUT2D eigenvalue weighted by atomic mass is 9.46. The molecule has 0 heterocycles. The van der Waals surface area contributed by atoms with E-state index < -0.39 is 28.4 Å². The Kier molecular flexibility index (Phi) is 3.03. The van der Waals surface area contributed by atoms with Gasteiger partial charge in [0.15, 0.2) is 0 Å². The number of nitrogens with one attached hydrogen (secondary N) is 1. The Bertz CT molecular complexity index is 7820. The molecule has 79 heavy (non-hydrogen) atoms. The van der Waals surface area contributed by atoms with E-state index in [9.17, 15) is 0 Å². The first-order chi connectivity index (χ1) is 39.0. The van der Waals surface area contributed by atoms with Crippen LogP contribution in [0.5, 0.6) is 0 Å². The van der Waals surface area contributed by atoms with E-state index in [-0.39, 0.29) is 6.04 Å². The van der Waals surface area contributed by atoms with Gasteiger partial charge in [-0.25, -0.2) is 9.59 Å². The second-order valence-electron chi connectivity index (χ2n) is 28.2. The molecule has 3 unspecified atom stereocenters. The topological polar surface area (TPSA) is 84.9 Å². The number of ether oxygens (including phenoxy) is 2. The van der Waals surface area contributed by atoms with Crippen LogP contribution in [0.3, 0.4) is 0 Å². The highest BCUT2D eigenvalue weighted by atomic mass is 16.5. The molecule has 6 aliphatic carbocycles. The summed E-state index contributed by atoms with van der Waals surface area (Å²) in [4.78, 5) is 33.3. The fourth-order valence-electron chi connectivity index (χ4n) is 27.3. The molecular formula is C73H19NO5. The van der Waals surface area contributed by atoms with Gasteiger partial charge in [0.2, 0.25) is 5.60 Å². The first-order valence-electron chi connectivity index (χ1n) is 29.2. The van der Waals surface area contributed by atoms with Gasteiger partial charge in [0.1, 0.15) is 0 Å². The standard InChI is InChI=1S/C73H19NO5/c1-78-69(75)67-68(74-8-6-4-3-5-7-8)73(77,70(76)79-2)72-65-58-50-38-30-21-12-10-9-11-15(12)24-31-29-20(11)22-18-13(9)16-17-14(10)19-23(21)36(38)44-42-28(19)26(17)34-33-25(16)27(18)41-43-35(22)37(29)49-51-39(31)40(32(24)30)52(50)61(65)60(51)63-56(49)54(43)57-47(41)45(33)53-46(34)48(42)59(55(44)58)66(72)62(53)64(57)71(63,67)72/h8,74,77H,3-7H2,1-2H3. The van der Waals surface area contributed by atoms with E-state index in [0.29, 0.717) is 11.3 Å². The van der Waals surface area contributed by atoms with Crippen LogP contribution in [-0.4, -0.2) is 42.9 Å². The average Bonchev–Trinajstić information content (AvgIpc) is 1.40. The molecule has 2 spiro atoms. The molecule has 28 aromatic rings. The van der Waals surface area contributed by atoms with Crippen molar-refractivity contribution in [2.45, 2.75) is 54.6 Å². The van der Waals surface area contributed by atoms with Gasteiger partial charge in [-0.1, -0.05) is 19.3 Å². The quantitative estimate of drug-likeness (QED) is 0.135. The highest BCUT2D eigenvalue weighted by Crippen LogP contribution is 2.88. The number of hydrogen-bond donors (Lipinski definition) is 2. The monoisotopic (exact) mass is 989 g/mol. The zero-order valence-electron chi connectivity index (χ0n) is 41.2. The molecule has 346 valence electrons. The molecule has 34 rings (SSSR count). The summed E-state index contributed by atoms with van der Waals surface area (Å²) in [5.74, 6) is -1.16. The van der Waals surface area contributed by atoms with Crippen molar-refractivity contribution < 1.29 is 24.2 Å². The van der Waals surface area contributed by atoms with E-state index in [1.165, 1.54) is 287 Å². The molecule has 3 atom stereocenters. The lowest BCUT2D eigenvalue weighted by Gasteiger charge is -2.53. The first-order valence-corrected chi connectivity index (χ1v) is 29.2. The molecule has 6 nitrogen and oxygen atoms in total. The van der Waals surface area contributed by atoms with Gasteiger partial charge in [-0.15, -0.1) is 0 Å². The van der Waals surface area contributed by atoms with Crippen molar-refractivity contribution in [3.63, 3.8) is 0 Å². The Morgan fingerprint density at radius 3 is 0.899 bits per heavy atom. The minimum Gasteiger partial charge on any atom is -0.467 e. The van der Waals surface area contributed by atoms with Crippen molar-refractivity contribution in [1.29, 1.82) is 0 Å². The van der Waals surface area contributed by atoms with Crippen LogP contribution in [0.4, 0.5) is 0 Å². The summed E-state index contributed by atoms with van der Waals surface area (Å²) < 4.78 is 12.8. The van der Waals surface area contributed by atoms with Gasteiger partial charge < -0.3 is 19.9 Å². The number of aliphatic hydroxyl groups is 1. The van der Waals surface area contributed by atoms with E-state index in [4.69, 9.17) is 9.47 Å². The van der Waals surface area contributed by atoms with E-state index in [1.807, 2.05) is 0 Å². The second-order valence-corrected chi connectivity index (χ2v) is 28.2. The van der Waals surface area contributed by atoms with Crippen molar-refractivity contribution in [3.05, 3.63) is 33.5 Å². The van der Waals surface area contributed by atoms with E-state index >= 15 is 14.7 Å². The first kappa shape index (κ1) is 32.0. The van der Waals surface area contributed by atoms with Gasteiger partial charge in [-0.3, -0.25) is 0 Å². The zero-order valence-corrected chi connectivity index (χ0v) is 41.2. The summed E-state index contributed by atoms with van der Waals surface area (Å²) in [6.45, 7) is 0. The SMILES string of the molecule is COC(=O)C1=C(NC2CCCCC2)C(O)(C(=O)OC)C23c4c5c6c7c8c9c(c%10c%11c2c2c%12c4c4c%13c5c5c7c7c8c8c%14c9c%10c9c%10c%11c2c2c%11c%12c4c4c%12c%13c5c5c7c7c8c8c%14c9c9c%10c2c2c%11c4c4c%12c5c7c5c8c9c2c45)C163. The zero-order chi connectivity index (χ0) is 48.5. The normalized spacial score (nSPS) is 24.5. The number of hydrogen-bond acceptors (Lipinski definition) is 6. The summed E-state index contributed by atoms with van der Waals surface area (Å²) in [7, 11) is 3.02. The minimum atomic E-state index is -2.38. The summed E-state index contributed by atoms with van der Waals surface area (Å²) >= 11 is 0. The fourth-order valence-corrected chi connectivity index (χ4v) is 27.3. The van der Waals surface area contributed by atoms with Crippen LogP contribution in [0.1, 0.15) is 54.4 Å². The van der Waals surface area contributed by atoms with Crippen LogP contribution in [-0.2, 0) is 29.9 Å². The summed E-state index contributed by atoms with van der Waals surface area (Å²) in [6.07, 6.45) is 4.97. The minimum absolute atomic E-state index is 0.0618. The lowest BCUT2D eigenvalue weighted by Crippen LogP contribution is -2.65. The van der Waals surface area contributed by atoms with Crippen molar-refractivity contribution >= 4 is 303 Å². The van der Waals surface area contributed by atoms with Gasteiger partial charge in [-0.05, 0) is 326 Å². The highest BCUT2D eigenvalue weighted by Gasteiger charge is 2.85. The molecule has 1 fully saturated rings. The largest absolute Gasteiger partial charge is 0.467 e. The smallest absolute Gasteiger partial charge is 0.345 e. The van der Waals surface area contributed by atoms with E-state index in [2.05, 4.69) is 5.32 Å². The van der Waals surface area contributed by atoms with Crippen molar-refractivity contribution in [2.24, 2.45) is 0 Å². The Hall–Kier alpha value is -9.10. The Morgan fingerprint density at radius 2 is 0.582 bits per heavy atom. The van der Waals surface area contributed by atoms with Gasteiger partial charge in [0.25, 0.3) is 0 Å². The molecular weight excluding hydrogens is 971 g/mol. The average molecular weight is 990 g/mol. The summed E-state index contributed by atoms with van der Waals surface area (Å²) in [5, 5.41) is 96.7. The third-order valence-corrected chi connectivity index (χ3v) is 27.7. The van der Waals surface area contributed by atoms with Gasteiger partial charge >= 0.3 is 11.9 Å². The van der Waals surface area contributed by atoms with Crippen LogP contribution in [0.15, 0.2) is 11.3 Å². The maximum absolute atomic E-state index is 16.7. The Labute approximate surface area is 432 Å². The molecule has 0 saturated heterocycles. The van der Waals surface area contributed by atoms with E-state index in [0.717, 1.165) is 54.4 Å². The third-order valence-electron chi connectivity index (χ3n) is 27.7. The molecule has 2 N–H and O–H groups in total. The molecule has 0 amide bonds. The molecule has 0 aromatic heterocycles. The molecule has 0 aliphatic heterocycles. The number of carbonyl (C=O) groups excluding carboxylic acids is 2. The predicted octanol–water partition coefficient (Wildman–Crippen LogP) is 16.6. The molecule has 28 aromatic carbocycles. The molecule has 1 saturated carbocycles. The Morgan fingerprint density at radius 1 is 0.342 bits per heavy atom. The predicted molar refractivity (Wildman–Crippen MR) is 320 cm³/mol. The van der Waals surface area contributed by atoms with Gasteiger partial charge in [0, 0.05) is 6.04 Å². The fraction of sp³-hybridized carbons (Fsp3) is 0.151. The maximum Gasteiger partial charge on any atom is 0.345 e. The number of rotatable bonds is 4. The van der Waals surface area contributed by atoms with Crippen molar-refractivity contribution in [1.82, 2.24) is 5.32 Å². The number of esters is 2. The highest BCUT2D eigenvalue weighted by molar-refractivity contribution is 6.82. The van der Waals surface area contributed by atoms with Crippen LogP contribution in [0, 0.1) is 0 Å². The third kappa shape index (κ3) is 1.79. The molecule has 6 heteroatoms. The number of benzene rings is 17. The number of carbonyl (C=O) groups is 2. The lowest BCUT2D eigenvalue weighted by molar-refractivity contribution is -0.164. The molecule has 6 aliphatic rings. The summed E-state index contributed by atoms with van der Waals surface area (Å²) in [6, 6.07) is -0.0618.